The van der Waals surface area contributed by atoms with Gasteiger partial charge in [-0.15, -0.1) is 0 Å². The zero-order valence-corrected chi connectivity index (χ0v) is 12.2. The van der Waals surface area contributed by atoms with Crippen LogP contribution in [-0.4, -0.2) is 41.7 Å². The normalized spacial score (nSPS) is 20.8. The molecule has 110 valence electrons. The van der Waals surface area contributed by atoms with Crippen LogP contribution in [0, 0.1) is 0 Å². The number of likely N-dealkylation sites (tertiary alicyclic amines) is 1. The highest BCUT2D eigenvalue weighted by Gasteiger charge is 2.29. The summed E-state index contributed by atoms with van der Waals surface area (Å²) in [5, 5.41) is 8.98. The molecule has 2 atom stereocenters. The Bertz CT molecular complexity index is 444. The van der Waals surface area contributed by atoms with Crippen LogP contribution in [-0.2, 0) is 11.2 Å². The first kappa shape index (κ1) is 14.9. The lowest BCUT2D eigenvalue weighted by atomic mass is 10.0. The monoisotopic (exact) mass is 277 g/mol. The first-order valence-corrected chi connectivity index (χ1v) is 7.20. The van der Waals surface area contributed by atoms with Crippen molar-refractivity contribution < 1.29 is 14.6 Å². The van der Waals surface area contributed by atoms with E-state index in [2.05, 4.69) is 24.0 Å². The molecule has 0 bridgehead atoms. The Morgan fingerprint density at radius 2 is 2.15 bits per heavy atom. The number of methoxy groups -OCH3 is 1. The van der Waals surface area contributed by atoms with Crippen LogP contribution in [0.25, 0.3) is 0 Å². The number of nitrogens with zero attached hydrogens (tertiary/aromatic N) is 1. The van der Waals surface area contributed by atoms with Gasteiger partial charge >= 0.3 is 5.97 Å². The standard InChI is InChI=1S/C16H23NO3/c1-12(10-13-5-7-15(20-2)8-6-13)17-9-3-4-14(17)11-16(18)19/h5-8,12,14H,3-4,9-11H2,1-2H3,(H,18,19). The van der Waals surface area contributed by atoms with Crippen LogP contribution >= 0.6 is 0 Å². The van der Waals surface area contributed by atoms with Crippen molar-refractivity contribution in [2.45, 2.75) is 44.7 Å². The highest BCUT2D eigenvalue weighted by atomic mass is 16.5. The smallest absolute Gasteiger partial charge is 0.304 e. The number of carboxylic acid groups (broad SMARTS) is 1. The third kappa shape index (κ3) is 3.73. The van der Waals surface area contributed by atoms with Crippen molar-refractivity contribution in [3.63, 3.8) is 0 Å². The van der Waals surface area contributed by atoms with Crippen LogP contribution in [0.1, 0.15) is 31.7 Å². The summed E-state index contributed by atoms with van der Waals surface area (Å²) in [5.74, 6) is 0.171. The average Bonchev–Trinajstić information content (AvgIpc) is 2.87. The van der Waals surface area contributed by atoms with Gasteiger partial charge in [0.25, 0.3) is 0 Å². The van der Waals surface area contributed by atoms with E-state index in [0.29, 0.717) is 6.04 Å². The molecule has 0 spiro atoms. The molecule has 1 heterocycles. The third-order valence-corrected chi connectivity index (χ3v) is 4.09. The van der Waals surface area contributed by atoms with E-state index in [1.54, 1.807) is 7.11 Å². The van der Waals surface area contributed by atoms with Crippen molar-refractivity contribution in [1.29, 1.82) is 0 Å². The fraction of sp³-hybridized carbons (Fsp3) is 0.562. The lowest BCUT2D eigenvalue weighted by molar-refractivity contribution is -0.138. The molecule has 0 aromatic heterocycles. The molecule has 2 unspecified atom stereocenters. The molecule has 1 aliphatic rings. The first-order valence-electron chi connectivity index (χ1n) is 7.20. The Morgan fingerprint density at radius 1 is 1.45 bits per heavy atom. The van der Waals surface area contributed by atoms with Crippen LogP contribution in [0.3, 0.4) is 0 Å². The molecular formula is C16H23NO3. The first-order chi connectivity index (χ1) is 9.60. The zero-order valence-electron chi connectivity index (χ0n) is 12.2. The number of aliphatic carboxylic acids is 1. The molecule has 1 fully saturated rings. The van der Waals surface area contributed by atoms with Crippen molar-refractivity contribution >= 4 is 5.97 Å². The molecule has 2 rings (SSSR count). The fourth-order valence-electron chi connectivity index (χ4n) is 3.08. The molecule has 0 radical (unpaired) electrons. The van der Waals surface area contributed by atoms with E-state index in [1.165, 1.54) is 5.56 Å². The summed E-state index contributed by atoms with van der Waals surface area (Å²) in [4.78, 5) is 13.3. The Labute approximate surface area is 120 Å². The minimum atomic E-state index is -0.696. The predicted octanol–water partition coefficient (Wildman–Crippen LogP) is 2.57. The summed E-state index contributed by atoms with van der Waals surface area (Å²) in [6.07, 6.45) is 3.30. The Kier molecular flexibility index (Phi) is 5.01. The Balaban J connectivity index is 1.95. The van der Waals surface area contributed by atoms with E-state index in [1.807, 2.05) is 12.1 Å². The molecule has 1 aromatic rings. The molecule has 4 nitrogen and oxygen atoms in total. The van der Waals surface area contributed by atoms with Gasteiger partial charge in [0.05, 0.1) is 13.5 Å². The van der Waals surface area contributed by atoms with Gasteiger partial charge in [-0.25, -0.2) is 0 Å². The van der Waals surface area contributed by atoms with Gasteiger partial charge < -0.3 is 9.84 Å². The summed E-state index contributed by atoms with van der Waals surface area (Å²) in [6.45, 7) is 3.19. The van der Waals surface area contributed by atoms with Crippen LogP contribution in [0.5, 0.6) is 5.75 Å². The Morgan fingerprint density at radius 3 is 2.75 bits per heavy atom. The molecule has 1 saturated heterocycles. The zero-order chi connectivity index (χ0) is 14.5. The van der Waals surface area contributed by atoms with Crippen molar-refractivity contribution in [3.05, 3.63) is 29.8 Å². The summed E-state index contributed by atoms with van der Waals surface area (Å²) < 4.78 is 5.16. The SMILES string of the molecule is COc1ccc(CC(C)N2CCCC2CC(=O)O)cc1. The van der Waals surface area contributed by atoms with E-state index < -0.39 is 5.97 Å². The van der Waals surface area contributed by atoms with Gasteiger partial charge in [0.2, 0.25) is 0 Å². The maximum atomic E-state index is 10.9. The second-order valence-electron chi connectivity index (χ2n) is 5.53. The molecular weight excluding hydrogens is 254 g/mol. The van der Waals surface area contributed by atoms with Crippen molar-refractivity contribution in [1.82, 2.24) is 4.90 Å². The van der Waals surface area contributed by atoms with Gasteiger partial charge in [0.15, 0.2) is 0 Å². The molecule has 0 saturated carbocycles. The molecule has 0 amide bonds. The number of carbonyl (C=O) groups is 1. The number of ether oxygens (including phenoxy) is 1. The van der Waals surface area contributed by atoms with Gasteiger partial charge in [-0.2, -0.15) is 0 Å². The second-order valence-corrected chi connectivity index (χ2v) is 5.53. The molecule has 20 heavy (non-hydrogen) atoms. The number of hydrogen-bond acceptors (Lipinski definition) is 3. The molecule has 1 aliphatic heterocycles. The molecule has 1 aromatic carbocycles. The second kappa shape index (κ2) is 6.75. The van der Waals surface area contributed by atoms with Gasteiger partial charge in [-0.3, -0.25) is 9.69 Å². The third-order valence-electron chi connectivity index (χ3n) is 4.09. The van der Waals surface area contributed by atoms with E-state index in [9.17, 15) is 4.79 Å². The number of carboxylic acids is 1. The minimum Gasteiger partial charge on any atom is -0.497 e. The maximum Gasteiger partial charge on any atom is 0.304 e. The highest BCUT2D eigenvalue weighted by Crippen LogP contribution is 2.24. The largest absolute Gasteiger partial charge is 0.497 e. The quantitative estimate of drug-likeness (QED) is 0.868. The summed E-state index contributed by atoms with van der Waals surface area (Å²) >= 11 is 0. The lowest BCUT2D eigenvalue weighted by Crippen LogP contribution is -2.39. The van der Waals surface area contributed by atoms with Gasteiger partial charge in [0, 0.05) is 12.1 Å². The van der Waals surface area contributed by atoms with E-state index >= 15 is 0 Å². The van der Waals surface area contributed by atoms with Crippen molar-refractivity contribution in [3.8, 4) is 5.75 Å². The highest BCUT2D eigenvalue weighted by molar-refractivity contribution is 5.67. The van der Waals surface area contributed by atoms with Crippen LogP contribution in [0.4, 0.5) is 0 Å². The van der Waals surface area contributed by atoms with Crippen LogP contribution < -0.4 is 4.74 Å². The number of benzene rings is 1. The molecule has 0 aliphatic carbocycles. The summed E-state index contributed by atoms with van der Waals surface area (Å²) in [6, 6.07) is 8.67. The van der Waals surface area contributed by atoms with Gasteiger partial charge in [0.1, 0.15) is 5.75 Å². The Hall–Kier alpha value is -1.55. The van der Waals surface area contributed by atoms with Crippen molar-refractivity contribution in [2.75, 3.05) is 13.7 Å². The number of hydrogen-bond donors (Lipinski definition) is 1. The number of rotatable bonds is 6. The van der Waals surface area contributed by atoms with Crippen molar-refractivity contribution in [2.24, 2.45) is 0 Å². The maximum absolute atomic E-state index is 10.9. The topological polar surface area (TPSA) is 49.8 Å². The summed E-state index contributed by atoms with van der Waals surface area (Å²) in [5.41, 5.74) is 1.26. The average molecular weight is 277 g/mol. The van der Waals surface area contributed by atoms with Gasteiger partial charge in [-0.1, -0.05) is 12.1 Å². The van der Waals surface area contributed by atoms with E-state index in [-0.39, 0.29) is 12.5 Å². The predicted molar refractivity (Wildman–Crippen MR) is 78.1 cm³/mol. The van der Waals surface area contributed by atoms with Gasteiger partial charge in [-0.05, 0) is 50.4 Å². The minimum absolute atomic E-state index is 0.195. The fourth-order valence-corrected chi connectivity index (χ4v) is 3.08. The van der Waals surface area contributed by atoms with E-state index in [0.717, 1.165) is 31.6 Å². The lowest BCUT2D eigenvalue weighted by Gasteiger charge is -2.30. The molecule has 4 heteroatoms. The van der Waals surface area contributed by atoms with Crippen LogP contribution in [0.15, 0.2) is 24.3 Å². The van der Waals surface area contributed by atoms with E-state index in [4.69, 9.17) is 9.84 Å². The molecule has 1 N–H and O–H groups in total. The summed E-state index contributed by atoms with van der Waals surface area (Å²) in [7, 11) is 1.67. The van der Waals surface area contributed by atoms with Crippen LogP contribution in [0.2, 0.25) is 0 Å².